The molecular formula is C9H21BrN2S. The quantitative estimate of drug-likeness (QED) is 0.458. The van der Waals surface area contributed by atoms with Crippen molar-refractivity contribution in [1.82, 2.24) is 0 Å². The number of nitrogens with two attached hydrogens (primary N) is 1. The van der Waals surface area contributed by atoms with E-state index < -0.39 is 0 Å². The molecule has 0 aromatic rings. The molecule has 4 heteroatoms. The van der Waals surface area contributed by atoms with E-state index in [1.165, 1.54) is 45.3 Å². The Kier molecular flexibility index (Phi) is 7.51. The Morgan fingerprint density at radius 3 is 2.23 bits per heavy atom. The van der Waals surface area contributed by atoms with Gasteiger partial charge in [-0.3, -0.25) is 5.73 Å². The summed E-state index contributed by atoms with van der Waals surface area (Å²) < 4.78 is 1.15. The van der Waals surface area contributed by atoms with E-state index >= 15 is 0 Å². The standard InChI is InChI=1S/C9H20N2S.BrH/c10-9-11(7-4-8-12)5-2-1-3-6-11;/h1-10H2;1H. The lowest BCUT2D eigenvalue weighted by Crippen LogP contribution is -3.00. The van der Waals surface area contributed by atoms with Crippen molar-refractivity contribution >= 4 is 12.6 Å². The molecule has 0 aliphatic carbocycles. The average Bonchev–Trinajstić information content (AvgIpc) is 2.16. The molecule has 1 fully saturated rings. The topological polar surface area (TPSA) is 26.0 Å². The highest BCUT2D eigenvalue weighted by molar-refractivity contribution is 7.80. The Labute approximate surface area is 97.6 Å². The Hall–Kier alpha value is 0.750. The van der Waals surface area contributed by atoms with Crippen LogP contribution in [-0.4, -0.2) is 36.5 Å². The second-order valence-electron chi connectivity index (χ2n) is 3.83. The first-order valence-corrected chi connectivity index (χ1v) is 5.62. The Balaban J connectivity index is 0.00000144. The summed E-state index contributed by atoms with van der Waals surface area (Å²) in [5.41, 5.74) is 5.83. The summed E-state index contributed by atoms with van der Waals surface area (Å²) in [7, 11) is 0. The molecule has 2 N–H and O–H groups in total. The second kappa shape index (κ2) is 7.10. The van der Waals surface area contributed by atoms with E-state index in [0.29, 0.717) is 0 Å². The van der Waals surface area contributed by atoms with Gasteiger partial charge in [0.2, 0.25) is 0 Å². The zero-order valence-electron chi connectivity index (χ0n) is 8.21. The fourth-order valence-electron chi connectivity index (χ4n) is 2.09. The molecule has 0 radical (unpaired) electrons. The van der Waals surface area contributed by atoms with E-state index in [2.05, 4.69) is 12.6 Å². The van der Waals surface area contributed by atoms with Gasteiger partial charge in [-0.15, -0.1) is 0 Å². The first-order chi connectivity index (χ1) is 5.83. The largest absolute Gasteiger partial charge is 1.00 e. The zero-order valence-corrected chi connectivity index (χ0v) is 10.7. The number of piperidine rings is 1. The number of rotatable bonds is 4. The predicted octanol–water partition coefficient (Wildman–Crippen LogP) is -1.77. The molecule has 1 heterocycles. The van der Waals surface area contributed by atoms with Crippen LogP contribution in [0.25, 0.3) is 0 Å². The highest BCUT2D eigenvalue weighted by Gasteiger charge is 2.27. The Morgan fingerprint density at radius 2 is 1.77 bits per heavy atom. The number of likely N-dealkylation sites (tertiary alicyclic amines) is 1. The first-order valence-electron chi connectivity index (χ1n) is 4.99. The van der Waals surface area contributed by atoms with Gasteiger partial charge < -0.3 is 21.5 Å². The van der Waals surface area contributed by atoms with Crippen LogP contribution < -0.4 is 22.7 Å². The van der Waals surface area contributed by atoms with Gasteiger partial charge in [0.05, 0.1) is 19.6 Å². The number of halogens is 1. The summed E-state index contributed by atoms with van der Waals surface area (Å²) in [6.07, 6.45) is 5.34. The summed E-state index contributed by atoms with van der Waals surface area (Å²) >= 11 is 4.25. The second-order valence-corrected chi connectivity index (χ2v) is 4.28. The minimum atomic E-state index is 0. The van der Waals surface area contributed by atoms with E-state index in [-0.39, 0.29) is 17.0 Å². The summed E-state index contributed by atoms with van der Waals surface area (Å²) in [6, 6.07) is 0. The van der Waals surface area contributed by atoms with E-state index in [4.69, 9.17) is 5.73 Å². The molecule has 0 spiro atoms. The maximum Gasteiger partial charge on any atom is 0.130 e. The summed E-state index contributed by atoms with van der Waals surface area (Å²) in [5.74, 6) is 1.00. The molecule has 0 aromatic heterocycles. The molecular weight excluding hydrogens is 248 g/mol. The van der Waals surface area contributed by atoms with Crippen molar-refractivity contribution in [3.8, 4) is 0 Å². The Morgan fingerprint density at radius 1 is 1.15 bits per heavy atom. The van der Waals surface area contributed by atoms with Crippen LogP contribution in [-0.2, 0) is 0 Å². The third kappa shape index (κ3) is 4.19. The molecule has 80 valence electrons. The van der Waals surface area contributed by atoms with Crippen molar-refractivity contribution in [3.63, 3.8) is 0 Å². The van der Waals surface area contributed by atoms with Crippen molar-refractivity contribution in [1.29, 1.82) is 0 Å². The third-order valence-electron chi connectivity index (χ3n) is 2.94. The van der Waals surface area contributed by atoms with E-state index in [1.807, 2.05) is 0 Å². The van der Waals surface area contributed by atoms with Crippen molar-refractivity contribution in [2.24, 2.45) is 5.73 Å². The Bertz CT molecular complexity index is 127. The van der Waals surface area contributed by atoms with Crippen LogP contribution in [0.1, 0.15) is 25.7 Å². The normalized spacial score (nSPS) is 20.8. The SMILES string of the molecule is NC[N+]1(CCCS)CCCCC1.[Br-]. The van der Waals surface area contributed by atoms with Gasteiger partial charge in [0, 0.05) is 6.42 Å². The number of hydrogen-bond acceptors (Lipinski definition) is 2. The monoisotopic (exact) mass is 268 g/mol. The summed E-state index contributed by atoms with van der Waals surface area (Å²) in [6.45, 7) is 4.66. The lowest BCUT2D eigenvalue weighted by Gasteiger charge is -2.40. The fourth-order valence-corrected chi connectivity index (χ4v) is 2.23. The number of hydrogen-bond donors (Lipinski definition) is 2. The smallest absolute Gasteiger partial charge is 0.130 e. The van der Waals surface area contributed by atoms with Crippen LogP contribution in [0.15, 0.2) is 0 Å². The molecule has 1 rings (SSSR count). The molecule has 0 atom stereocenters. The summed E-state index contributed by atoms with van der Waals surface area (Å²) in [5, 5.41) is 0. The highest BCUT2D eigenvalue weighted by Crippen LogP contribution is 2.17. The molecule has 0 amide bonds. The van der Waals surface area contributed by atoms with Crippen LogP contribution in [0.2, 0.25) is 0 Å². The molecule has 1 saturated heterocycles. The highest BCUT2D eigenvalue weighted by atomic mass is 79.9. The molecule has 1 aliphatic rings. The zero-order chi connectivity index (χ0) is 8.86. The molecule has 0 aromatic carbocycles. The maximum atomic E-state index is 5.83. The van der Waals surface area contributed by atoms with E-state index in [0.717, 1.165) is 16.9 Å². The lowest BCUT2D eigenvalue weighted by molar-refractivity contribution is -0.932. The van der Waals surface area contributed by atoms with Crippen molar-refractivity contribution in [3.05, 3.63) is 0 Å². The van der Waals surface area contributed by atoms with Gasteiger partial charge in [0.25, 0.3) is 0 Å². The van der Waals surface area contributed by atoms with Crippen molar-refractivity contribution in [2.75, 3.05) is 32.1 Å². The van der Waals surface area contributed by atoms with Gasteiger partial charge >= 0.3 is 0 Å². The molecule has 0 saturated carbocycles. The molecule has 2 nitrogen and oxygen atoms in total. The van der Waals surface area contributed by atoms with Gasteiger partial charge in [-0.05, 0) is 25.0 Å². The van der Waals surface area contributed by atoms with Crippen LogP contribution in [0, 0.1) is 0 Å². The van der Waals surface area contributed by atoms with Crippen molar-refractivity contribution < 1.29 is 21.5 Å². The third-order valence-corrected chi connectivity index (χ3v) is 3.26. The van der Waals surface area contributed by atoms with E-state index in [9.17, 15) is 0 Å². The summed E-state index contributed by atoms with van der Waals surface area (Å²) in [4.78, 5) is 0. The molecule has 0 unspecified atom stereocenters. The minimum Gasteiger partial charge on any atom is -1.00 e. The van der Waals surface area contributed by atoms with Gasteiger partial charge in [0.1, 0.15) is 6.67 Å². The fraction of sp³-hybridized carbons (Fsp3) is 1.00. The number of thiol groups is 1. The molecule has 1 aliphatic heterocycles. The number of quaternary nitrogens is 1. The molecule has 13 heavy (non-hydrogen) atoms. The van der Waals surface area contributed by atoms with Gasteiger partial charge in [-0.25, -0.2) is 0 Å². The van der Waals surface area contributed by atoms with Crippen LogP contribution >= 0.6 is 12.6 Å². The van der Waals surface area contributed by atoms with E-state index in [1.54, 1.807) is 0 Å². The maximum absolute atomic E-state index is 5.83. The minimum absolute atomic E-state index is 0. The predicted molar refractivity (Wildman–Crippen MR) is 56.2 cm³/mol. The first kappa shape index (κ1) is 13.8. The van der Waals surface area contributed by atoms with Crippen LogP contribution in [0.5, 0.6) is 0 Å². The van der Waals surface area contributed by atoms with Crippen LogP contribution in [0.3, 0.4) is 0 Å². The lowest BCUT2D eigenvalue weighted by atomic mass is 10.1. The van der Waals surface area contributed by atoms with Crippen molar-refractivity contribution in [2.45, 2.75) is 25.7 Å². The van der Waals surface area contributed by atoms with Gasteiger partial charge in [0.15, 0.2) is 0 Å². The van der Waals surface area contributed by atoms with Crippen LogP contribution in [0.4, 0.5) is 0 Å². The molecule has 0 bridgehead atoms. The van der Waals surface area contributed by atoms with Gasteiger partial charge in [-0.2, -0.15) is 12.6 Å². The number of nitrogens with zero attached hydrogens (tertiary/aromatic N) is 1. The van der Waals surface area contributed by atoms with Gasteiger partial charge in [-0.1, -0.05) is 0 Å². The average molecular weight is 269 g/mol.